The number of aliphatic carboxylic acids is 1. The fourth-order valence-corrected chi connectivity index (χ4v) is 4.01. The molecular weight excluding hydrogens is 414 g/mol. The van der Waals surface area contributed by atoms with Crippen molar-refractivity contribution in [1.29, 1.82) is 0 Å². The smallest absolute Gasteiger partial charge is 0.326 e. The summed E-state index contributed by atoms with van der Waals surface area (Å²) >= 11 is 5.90. The molecule has 31 heavy (non-hydrogen) atoms. The number of pyridine rings is 1. The summed E-state index contributed by atoms with van der Waals surface area (Å²) in [6, 6.07) is 9.92. The van der Waals surface area contributed by atoms with E-state index in [0.717, 1.165) is 63.0 Å². The minimum Gasteiger partial charge on any atom is -0.480 e. The van der Waals surface area contributed by atoms with Crippen LogP contribution in [0.3, 0.4) is 0 Å². The van der Waals surface area contributed by atoms with Crippen LogP contribution >= 0.6 is 11.6 Å². The van der Waals surface area contributed by atoms with E-state index < -0.39 is 17.9 Å². The largest absolute Gasteiger partial charge is 0.480 e. The standard InChI is InChI=1S/C24H30ClN3O3/c25-19-10-6-8-18(16-19)23(29)28-21(24(30)31)12-5-3-1-2-4-11-20-14-13-17-9-7-15-26-22(17)27-20/h6,8,10,13-14,16,21H,1-5,7,9,11-12,15H2,(H,26,27)(H,28,29)(H,30,31). The number of aryl methyl sites for hydroxylation is 2. The maximum Gasteiger partial charge on any atom is 0.326 e. The maximum atomic E-state index is 12.3. The third-order valence-corrected chi connectivity index (χ3v) is 5.80. The van der Waals surface area contributed by atoms with Gasteiger partial charge in [-0.25, -0.2) is 9.78 Å². The van der Waals surface area contributed by atoms with Gasteiger partial charge >= 0.3 is 5.97 Å². The lowest BCUT2D eigenvalue weighted by atomic mass is 10.0. The first-order valence-corrected chi connectivity index (χ1v) is 11.4. The van der Waals surface area contributed by atoms with Crippen molar-refractivity contribution in [3.05, 3.63) is 58.2 Å². The maximum absolute atomic E-state index is 12.3. The van der Waals surface area contributed by atoms with E-state index in [-0.39, 0.29) is 0 Å². The molecule has 1 aliphatic heterocycles. The van der Waals surface area contributed by atoms with E-state index in [4.69, 9.17) is 16.6 Å². The number of carboxylic acids is 1. The van der Waals surface area contributed by atoms with Crippen LogP contribution in [0.4, 0.5) is 5.82 Å². The Kier molecular flexibility index (Phi) is 8.71. The number of halogens is 1. The molecule has 0 saturated heterocycles. The lowest BCUT2D eigenvalue weighted by molar-refractivity contribution is -0.139. The Morgan fingerprint density at radius 2 is 1.94 bits per heavy atom. The van der Waals surface area contributed by atoms with Gasteiger partial charge in [-0.15, -0.1) is 0 Å². The summed E-state index contributed by atoms with van der Waals surface area (Å²) in [4.78, 5) is 28.5. The first-order valence-electron chi connectivity index (χ1n) is 11.0. The van der Waals surface area contributed by atoms with Crippen LogP contribution in [-0.4, -0.2) is 34.6 Å². The molecule has 3 N–H and O–H groups in total. The fourth-order valence-electron chi connectivity index (χ4n) is 3.82. The Morgan fingerprint density at radius 3 is 2.74 bits per heavy atom. The predicted octanol–water partition coefficient (Wildman–Crippen LogP) is 4.86. The van der Waals surface area contributed by atoms with Gasteiger partial charge in [-0.05, 0) is 61.9 Å². The monoisotopic (exact) mass is 443 g/mol. The third-order valence-electron chi connectivity index (χ3n) is 5.57. The zero-order valence-electron chi connectivity index (χ0n) is 17.7. The van der Waals surface area contributed by atoms with Crippen LogP contribution in [0.1, 0.15) is 66.6 Å². The van der Waals surface area contributed by atoms with Gasteiger partial charge in [-0.1, -0.05) is 49.4 Å². The SMILES string of the molecule is O=C(NC(CCCCCCCc1ccc2c(n1)NCCC2)C(=O)O)c1cccc(Cl)c1. The number of hydrogen-bond donors (Lipinski definition) is 3. The molecule has 1 aliphatic rings. The van der Waals surface area contributed by atoms with Crippen LogP contribution in [0.2, 0.25) is 5.02 Å². The lowest BCUT2D eigenvalue weighted by Gasteiger charge is -2.17. The predicted molar refractivity (Wildman–Crippen MR) is 123 cm³/mol. The molecule has 166 valence electrons. The highest BCUT2D eigenvalue weighted by Crippen LogP contribution is 2.20. The van der Waals surface area contributed by atoms with E-state index >= 15 is 0 Å². The normalized spacial score (nSPS) is 13.7. The molecule has 1 atom stereocenters. The molecule has 3 rings (SSSR count). The van der Waals surface area contributed by atoms with Crippen molar-refractivity contribution in [2.75, 3.05) is 11.9 Å². The van der Waals surface area contributed by atoms with Crippen LogP contribution in [0.5, 0.6) is 0 Å². The fraction of sp³-hybridized carbons (Fsp3) is 0.458. The molecule has 2 aromatic rings. The molecule has 0 spiro atoms. The van der Waals surface area contributed by atoms with Crippen molar-refractivity contribution in [2.45, 2.75) is 63.8 Å². The molecule has 1 aromatic heterocycles. The number of aromatic nitrogens is 1. The zero-order chi connectivity index (χ0) is 22.1. The molecule has 0 radical (unpaired) electrons. The first-order chi connectivity index (χ1) is 15.0. The van der Waals surface area contributed by atoms with E-state index in [9.17, 15) is 14.7 Å². The number of hydrogen-bond acceptors (Lipinski definition) is 4. The minimum atomic E-state index is -1.01. The van der Waals surface area contributed by atoms with Gasteiger partial charge in [0.1, 0.15) is 11.9 Å². The Balaban J connectivity index is 1.33. The molecule has 0 bridgehead atoms. The molecule has 6 nitrogen and oxygen atoms in total. The highest BCUT2D eigenvalue weighted by Gasteiger charge is 2.20. The number of carbonyl (C=O) groups is 2. The summed E-state index contributed by atoms with van der Waals surface area (Å²) in [6.07, 6.45) is 8.54. The lowest BCUT2D eigenvalue weighted by Crippen LogP contribution is -2.40. The van der Waals surface area contributed by atoms with Crippen LogP contribution in [-0.2, 0) is 17.6 Å². The Morgan fingerprint density at radius 1 is 1.13 bits per heavy atom. The summed E-state index contributed by atoms with van der Waals surface area (Å²) in [5.41, 5.74) is 2.80. The van der Waals surface area contributed by atoms with E-state index in [1.54, 1.807) is 18.2 Å². The molecular formula is C24H30ClN3O3. The number of carboxylic acid groups (broad SMARTS) is 1. The summed E-state index contributed by atoms with van der Waals surface area (Å²) in [5.74, 6) is -0.382. The number of nitrogens with zero attached hydrogens (tertiary/aromatic N) is 1. The highest BCUT2D eigenvalue weighted by molar-refractivity contribution is 6.31. The number of unbranched alkanes of at least 4 members (excludes halogenated alkanes) is 4. The van der Waals surface area contributed by atoms with Crippen molar-refractivity contribution < 1.29 is 14.7 Å². The molecule has 1 unspecified atom stereocenters. The average molecular weight is 444 g/mol. The Hall–Kier alpha value is -2.60. The van der Waals surface area contributed by atoms with Gasteiger partial charge in [0.25, 0.3) is 5.91 Å². The Labute approximate surface area is 188 Å². The topological polar surface area (TPSA) is 91.3 Å². The van der Waals surface area contributed by atoms with Crippen LogP contribution < -0.4 is 10.6 Å². The number of fused-ring (bicyclic) bond motifs is 1. The number of rotatable bonds is 11. The van der Waals surface area contributed by atoms with E-state index in [1.807, 2.05) is 0 Å². The minimum absolute atomic E-state index is 0.365. The van der Waals surface area contributed by atoms with Crippen LogP contribution in [0.25, 0.3) is 0 Å². The van der Waals surface area contributed by atoms with Gasteiger partial charge < -0.3 is 15.7 Å². The number of amides is 1. The number of benzene rings is 1. The zero-order valence-corrected chi connectivity index (χ0v) is 18.5. The molecule has 2 heterocycles. The van der Waals surface area contributed by atoms with Crippen molar-refractivity contribution >= 4 is 29.3 Å². The number of nitrogens with one attached hydrogen (secondary N) is 2. The van der Waals surface area contributed by atoms with Gasteiger partial charge in [-0.2, -0.15) is 0 Å². The first kappa shape index (κ1) is 23.1. The highest BCUT2D eigenvalue weighted by atomic mass is 35.5. The van der Waals surface area contributed by atoms with Crippen molar-refractivity contribution in [3.63, 3.8) is 0 Å². The van der Waals surface area contributed by atoms with Gasteiger partial charge in [0, 0.05) is 22.8 Å². The molecule has 0 saturated carbocycles. The molecule has 1 aromatic carbocycles. The summed E-state index contributed by atoms with van der Waals surface area (Å²) < 4.78 is 0. The second-order valence-corrected chi connectivity index (χ2v) is 8.46. The van der Waals surface area contributed by atoms with Crippen molar-refractivity contribution in [1.82, 2.24) is 10.3 Å². The van der Waals surface area contributed by atoms with E-state index in [2.05, 4.69) is 22.8 Å². The van der Waals surface area contributed by atoms with Gasteiger partial charge in [-0.3, -0.25) is 4.79 Å². The van der Waals surface area contributed by atoms with Crippen LogP contribution in [0.15, 0.2) is 36.4 Å². The second-order valence-electron chi connectivity index (χ2n) is 8.02. The van der Waals surface area contributed by atoms with Gasteiger partial charge in [0.05, 0.1) is 0 Å². The average Bonchev–Trinajstić information content (AvgIpc) is 2.77. The molecule has 1 amide bonds. The van der Waals surface area contributed by atoms with E-state index in [1.165, 1.54) is 18.1 Å². The van der Waals surface area contributed by atoms with E-state index in [0.29, 0.717) is 17.0 Å². The molecule has 0 aliphatic carbocycles. The quantitative estimate of drug-likeness (QED) is 0.431. The van der Waals surface area contributed by atoms with Crippen molar-refractivity contribution in [2.24, 2.45) is 0 Å². The van der Waals surface area contributed by atoms with Gasteiger partial charge in [0.15, 0.2) is 0 Å². The van der Waals surface area contributed by atoms with Crippen LogP contribution in [0, 0.1) is 0 Å². The van der Waals surface area contributed by atoms with Gasteiger partial charge in [0.2, 0.25) is 0 Å². The number of carbonyl (C=O) groups excluding carboxylic acids is 1. The summed E-state index contributed by atoms with van der Waals surface area (Å²) in [7, 11) is 0. The third kappa shape index (κ3) is 7.24. The molecule has 0 fully saturated rings. The summed E-state index contributed by atoms with van der Waals surface area (Å²) in [5, 5.41) is 15.8. The molecule has 7 heteroatoms. The Bertz CT molecular complexity index is 903. The summed E-state index contributed by atoms with van der Waals surface area (Å²) in [6.45, 7) is 1.00. The second kappa shape index (κ2) is 11.7. The number of anilines is 1. The van der Waals surface area contributed by atoms with Crippen molar-refractivity contribution in [3.8, 4) is 0 Å².